The standard InChI is InChI=1S/C18H15N3O2S/c1-21-11-12-24-18(21)20-17(23)14-9-5-6-10-15(14)19-16(22)13-7-3-2-4-8-13/h2-12H,1H3,(H,19,22). The Morgan fingerprint density at radius 1 is 1.04 bits per heavy atom. The number of carbonyl (C=O) groups is 2. The average Bonchev–Trinajstić information content (AvgIpc) is 3.01. The molecular formula is C18H15N3O2S. The van der Waals surface area contributed by atoms with Crippen LogP contribution < -0.4 is 10.1 Å². The second kappa shape index (κ2) is 7.06. The average molecular weight is 337 g/mol. The van der Waals surface area contributed by atoms with E-state index in [1.165, 1.54) is 11.3 Å². The van der Waals surface area contributed by atoms with Crippen molar-refractivity contribution in [1.82, 2.24) is 4.57 Å². The Morgan fingerprint density at radius 2 is 1.75 bits per heavy atom. The van der Waals surface area contributed by atoms with Gasteiger partial charge in [0.15, 0.2) is 4.80 Å². The zero-order valence-electron chi connectivity index (χ0n) is 13.0. The van der Waals surface area contributed by atoms with Crippen molar-refractivity contribution in [1.29, 1.82) is 0 Å². The van der Waals surface area contributed by atoms with Crippen LogP contribution in [0.5, 0.6) is 0 Å². The third kappa shape index (κ3) is 3.49. The van der Waals surface area contributed by atoms with Crippen LogP contribution in [-0.2, 0) is 7.05 Å². The van der Waals surface area contributed by atoms with E-state index in [-0.39, 0.29) is 5.91 Å². The normalized spacial score (nSPS) is 11.3. The van der Waals surface area contributed by atoms with Gasteiger partial charge in [0.2, 0.25) is 0 Å². The predicted octanol–water partition coefficient (Wildman–Crippen LogP) is 3.08. The molecule has 0 unspecified atom stereocenters. The summed E-state index contributed by atoms with van der Waals surface area (Å²) in [7, 11) is 1.83. The summed E-state index contributed by atoms with van der Waals surface area (Å²) in [6.45, 7) is 0. The highest BCUT2D eigenvalue weighted by atomic mass is 32.1. The summed E-state index contributed by atoms with van der Waals surface area (Å²) in [4.78, 5) is 29.5. The molecule has 0 aliphatic rings. The van der Waals surface area contributed by atoms with Crippen molar-refractivity contribution in [2.24, 2.45) is 12.0 Å². The summed E-state index contributed by atoms with van der Waals surface area (Å²) in [5.41, 5.74) is 1.33. The summed E-state index contributed by atoms with van der Waals surface area (Å²) in [5, 5.41) is 4.64. The molecule has 0 aliphatic heterocycles. The largest absolute Gasteiger partial charge is 0.327 e. The Kier molecular flexibility index (Phi) is 4.67. The molecule has 1 N–H and O–H groups in total. The highest BCUT2D eigenvalue weighted by Gasteiger charge is 2.13. The fourth-order valence-electron chi connectivity index (χ4n) is 2.14. The first kappa shape index (κ1) is 15.9. The third-order valence-electron chi connectivity index (χ3n) is 3.40. The van der Waals surface area contributed by atoms with Crippen LogP contribution in [0.3, 0.4) is 0 Å². The molecule has 5 nitrogen and oxygen atoms in total. The molecule has 2 amide bonds. The van der Waals surface area contributed by atoms with Gasteiger partial charge >= 0.3 is 0 Å². The van der Waals surface area contributed by atoms with E-state index in [9.17, 15) is 9.59 Å². The van der Waals surface area contributed by atoms with Crippen molar-refractivity contribution in [3.05, 3.63) is 82.1 Å². The zero-order chi connectivity index (χ0) is 16.9. The van der Waals surface area contributed by atoms with Crippen LogP contribution in [0.15, 0.2) is 71.2 Å². The van der Waals surface area contributed by atoms with E-state index in [1.54, 1.807) is 53.1 Å². The van der Waals surface area contributed by atoms with E-state index < -0.39 is 5.91 Å². The van der Waals surface area contributed by atoms with Crippen molar-refractivity contribution in [2.45, 2.75) is 0 Å². The Bertz CT molecular complexity index is 942. The van der Waals surface area contributed by atoms with Gasteiger partial charge in [-0.25, -0.2) is 0 Å². The molecule has 120 valence electrons. The maximum absolute atomic E-state index is 12.5. The number of benzene rings is 2. The molecule has 1 heterocycles. The van der Waals surface area contributed by atoms with Gasteiger partial charge in [0.1, 0.15) is 0 Å². The van der Waals surface area contributed by atoms with E-state index in [4.69, 9.17) is 0 Å². The molecule has 0 aliphatic carbocycles. The van der Waals surface area contributed by atoms with Gasteiger partial charge in [-0.2, -0.15) is 4.99 Å². The first-order valence-corrected chi connectivity index (χ1v) is 8.18. The van der Waals surface area contributed by atoms with Crippen LogP contribution >= 0.6 is 11.3 Å². The number of anilines is 1. The molecule has 0 bridgehead atoms. The molecule has 6 heteroatoms. The molecular weight excluding hydrogens is 322 g/mol. The van der Waals surface area contributed by atoms with Crippen LogP contribution in [-0.4, -0.2) is 16.4 Å². The number of carbonyl (C=O) groups excluding carboxylic acids is 2. The quantitative estimate of drug-likeness (QED) is 0.798. The summed E-state index contributed by atoms with van der Waals surface area (Å²) >= 11 is 1.38. The van der Waals surface area contributed by atoms with Crippen molar-refractivity contribution < 1.29 is 9.59 Å². The number of para-hydroxylation sites is 1. The number of amides is 2. The minimum Gasteiger partial charge on any atom is -0.327 e. The van der Waals surface area contributed by atoms with Crippen LogP contribution in [0.2, 0.25) is 0 Å². The summed E-state index contributed by atoms with van der Waals surface area (Å²) < 4.78 is 1.77. The maximum Gasteiger partial charge on any atom is 0.281 e. The second-order valence-electron chi connectivity index (χ2n) is 5.08. The van der Waals surface area contributed by atoms with Crippen LogP contribution in [0, 0.1) is 0 Å². The highest BCUT2D eigenvalue weighted by molar-refractivity contribution is 7.07. The molecule has 0 spiro atoms. The van der Waals surface area contributed by atoms with E-state index in [0.717, 1.165) is 0 Å². The van der Waals surface area contributed by atoms with E-state index in [1.807, 2.05) is 24.7 Å². The number of thiazole rings is 1. The first-order valence-electron chi connectivity index (χ1n) is 7.30. The molecule has 24 heavy (non-hydrogen) atoms. The molecule has 0 radical (unpaired) electrons. The fraction of sp³-hybridized carbons (Fsp3) is 0.0556. The maximum atomic E-state index is 12.5. The molecule has 3 aromatic rings. The van der Waals surface area contributed by atoms with Crippen molar-refractivity contribution in [2.75, 3.05) is 5.32 Å². The Hall–Kier alpha value is -2.99. The minimum atomic E-state index is -0.392. The number of nitrogens with zero attached hydrogens (tertiary/aromatic N) is 2. The van der Waals surface area contributed by atoms with Crippen molar-refractivity contribution in [3.63, 3.8) is 0 Å². The Balaban J connectivity index is 1.90. The lowest BCUT2D eigenvalue weighted by atomic mass is 10.1. The molecule has 0 fully saturated rings. The third-order valence-corrected chi connectivity index (χ3v) is 4.25. The van der Waals surface area contributed by atoms with Gasteiger partial charge < -0.3 is 9.88 Å². The number of nitrogens with one attached hydrogen (secondary N) is 1. The number of rotatable bonds is 3. The number of hydrogen-bond acceptors (Lipinski definition) is 3. The minimum absolute atomic E-state index is 0.266. The van der Waals surface area contributed by atoms with Gasteiger partial charge in [-0.05, 0) is 24.3 Å². The second-order valence-corrected chi connectivity index (χ2v) is 5.95. The Morgan fingerprint density at radius 3 is 2.46 bits per heavy atom. The molecule has 0 atom stereocenters. The lowest BCUT2D eigenvalue weighted by molar-refractivity contribution is 0.0998. The topological polar surface area (TPSA) is 63.5 Å². The van der Waals surface area contributed by atoms with Gasteiger partial charge in [-0.1, -0.05) is 30.3 Å². The van der Waals surface area contributed by atoms with Gasteiger partial charge in [0, 0.05) is 24.2 Å². The highest BCUT2D eigenvalue weighted by Crippen LogP contribution is 2.17. The lowest BCUT2D eigenvalue weighted by Gasteiger charge is -2.08. The van der Waals surface area contributed by atoms with Gasteiger partial charge in [-0.3, -0.25) is 9.59 Å². The fourth-order valence-corrected chi connectivity index (χ4v) is 2.87. The number of aromatic nitrogens is 1. The number of hydrogen-bond donors (Lipinski definition) is 1. The van der Waals surface area contributed by atoms with E-state index >= 15 is 0 Å². The van der Waals surface area contributed by atoms with Gasteiger partial charge in [-0.15, -0.1) is 11.3 Å². The Labute approximate surface area is 142 Å². The summed E-state index contributed by atoms with van der Waals surface area (Å²) in [6, 6.07) is 15.7. The van der Waals surface area contributed by atoms with Gasteiger partial charge in [0.05, 0.1) is 11.3 Å². The monoisotopic (exact) mass is 337 g/mol. The molecule has 2 aromatic carbocycles. The summed E-state index contributed by atoms with van der Waals surface area (Å²) in [6.07, 6.45) is 1.83. The number of aryl methyl sites for hydroxylation is 1. The van der Waals surface area contributed by atoms with E-state index in [0.29, 0.717) is 21.6 Å². The van der Waals surface area contributed by atoms with Crippen LogP contribution in [0.1, 0.15) is 20.7 Å². The molecule has 3 rings (SSSR count). The SMILES string of the molecule is Cn1ccsc1=NC(=O)c1ccccc1NC(=O)c1ccccc1. The van der Waals surface area contributed by atoms with Gasteiger partial charge in [0.25, 0.3) is 11.8 Å². The smallest absolute Gasteiger partial charge is 0.281 e. The molecule has 0 saturated heterocycles. The molecule has 0 saturated carbocycles. The first-order chi connectivity index (χ1) is 11.6. The zero-order valence-corrected chi connectivity index (χ0v) is 13.8. The van der Waals surface area contributed by atoms with Crippen molar-refractivity contribution in [3.8, 4) is 0 Å². The summed E-state index contributed by atoms with van der Waals surface area (Å²) in [5.74, 6) is -0.658. The lowest BCUT2D eigenvalue weighted by Crippen LogP contribution is -2.16. The molecule has 1 aromatic heterocycles. The van der Waals surface area contributed by atoms with Crippen molar-refractivity contribution >= 4 is 28.8 Å². The van der Waals surface area contributed by atoms with Crippen LogP contribution in [0.4, 0.5) is 5.69 Å². The predicted molar refractivity (Wildman–Crippen MR) is 94.0 cm³/mol. The van der Waals surface area contributed by atoms with E-state index in [2.05, 4.69) is 10.3 Å². The van der Waals surface area contributed by atoms with Crippen LogP contribution in [0.25, 0.3) is 0 Å².